The van der Waals surface area contributed by atoms with E-state index in [1.807, 2.05) is 6.07 Å². The van der Waals surface area contributed by atoms with Gasteiger partial charge in [0.05, 0.1) is 18.4 Å². The van der Waals surface area contributed by atoms with Gasteiger partial charge >= 0.3 is 5.97 Å². The van der Waals surface area contributed by atoms with Gasteiger partial charge in [-0.3, -0.25) is 9.59 Å². The topological polar surface area (TPSA) is 76.7 Å². The lowest BCUT2D eigenvalue weighted by molar-refractivity contribution is -0.139. The maximum Gasteiger partial charge on any atom is 0.325 e. The number of benzene rings is 1. The fourth-order valence-electron chi connectivity index (χ4n) is 1.67. The zero-order valence-corrected chi connectivity index (χ0v) is 9.99. The van der Waals surface area contributed by atoms with E-state index in [1.54, 1.807) is 12.1 Å². The van der Waals surface area contributed by atoms with Gasteiger partial charge in [0.15, 0.2) is 5.75 Å². The van der Waals surface area contributed by atoms with E-state index in [1.165, 1.54) is 7.11 Å². The summed E-state index contributed by atoms with van der Waals surface area (Å²) in [7, 11) is 1.27. The van der Waals surface area contributed by atoms with E-state index in [9.17, 15) is 9.59 Å². The average molecular weight is 250 g/mol. The first-order chi connectivity index (χ1) is 8.72. The van der Waals surface area contributed by atoms with E-state index in [2.05, 4.69) is 15.4 Å². The summed E-state index contributed by atoms with van der Waals surface area (Å²) in [6.45, 7) is 1.06. The van der Waals surface area contributed by atoms with Crippen LogP contribution in [0.2, 0.25) is 0 Å². The zero-order valence-electron chi connectivity index (χ0n) is 9.99. The Labute approximate surface area is 104 Å². The van der Waals surface area contributed by atoms with Crippen LogP contribution in [0.25, 0.3) is 0 Å². The molecule has 1 amide bonds. The van der Waals surface area contributed by atoms with Gasteiger partial charge < -0.3 is 20.1 Å². The zero-order chi connectivity index (χ0) is 13.0. The molecule has 0 aliphatic carbocycles. The van der Waals surface area contributed by atoms with Gasteiger partial charge in [0.2, 0.25) is 0 Å². The van der Waals surface area contributed by atoms with E-state index >= 15 is 0 Å². The van der Waals surface area contributed by atoms with Crippen molar-refractivity contribution in [2.75, 3.05) is 32.1 Å². The van der Waals surface area contributed by atoms with Crippen LogP contribution in [0.3, 0.4) is 0 Å². The van der Waals surface area contributed by atoms with Crippen molar-refractivity contribution in [2.45, 2.75) is 0 Å². The van der Waals surface area contributed by atoms with Crippen molar-refractivity contribution in [3.8, 4) is 5.75 Å². The molecule has 96 valence electrons. The smallest absolute Gasteiger partial charge is 0.325 e. The normalized spacial score (nSPS) is 12.7. The maximum atomic E-state index is 11.9. The molecule has 0 bridgehead atoms. The first-order valence-corrected chi connectivity index (χ1v) is 5.57. The number of ether oxygens (including phenoxy) is 2. The Kier molecular flexibility index (Phi) is 3.66. The van der Waals surface area contributed by atoms with Gasteiger partial charge in [0.1, 0.15) is 13.2 Å². The predicted molar refractivity (Wildman–Crippen MR) is 64.8 cm³/mol. The summed E-state index contributed by atoms with van der Waals surface area (Å²) < 4.78 is 9.92. The number of hydrogen-bond acceptors (Lipinski definition) is 5. The van der Waals surface area contributed by atoms with E-state index in [-0.39, 0.29) is 12.5 Å². The highest BCUT2D eigenvalue weighted by Crippen LogP contribution is 2.30. The number of para-hydroxylation sites is 1. The quantitative estimate of drug-likeness (QED) is 0.759. The highest BCUT2D eigenvalue weighted by atomic mass is 16.5. The molecule has 1 aliphatic rings. The number of anilines is 1. The third kappa shape index (κ3) is 2.53. The minimum Gasteiger partial charge on any atom is -0.489 e. The van der Waals surface area contributed by atoms with Crippen LogP contribution in [0, 0.1) is 0 Å². The summed E-state index contributed by atoms with van der Waals surface area (Å²) in [5.41, 5.74) is 1.19. The van der Waals surface area contributed by atoms with E-state index in [0.29, 0.717) is 24.5 Å². The van der Waals surface area contributed by atoms with Crippen molar-refractivity contribution in [3.63, 3.8) is 0 Å². The molecule has 6 heteroatoms. The summed E-state index contributed by atoms with van der Waals surface area (Å²) >= 11 is 0. The van der Waals surface area contributed by atoms with Gasteiger partial charge in [-0.05, 0) is 12.1 Å². The standard InChI is InChI=1S/C12H14N2O4/c1-17-10(15)7-14-12(16)8-3-2-4-9-11(8)18-6-5-13-9/h2-4,13H,5-7H2,1H3,(H,14,16). The summed E-state index contributed by atoms with van der Waals surface area (Å²) in [5.74, 6) is -0.334. The Morgan fingerprint density at radius 3 is 3.11 bits per heavy atom. The third-order valence-corrected chi connectivity index (χ3v) is 2.54. The third-order valence-electron chi connectivity index (χ3n) is 2.54. The second-order valence-electron chi connectivity index (χ2n) is 3.72. The molecule has 2 N–H and O–H groups in total. The van der Waals surface area contributed by atoms with Crippen LogP contribution in [0.4, 0.5) is 5.69 Å². The Hall–Kier alpha value is -2.24. The predicted octanol–water partition coefficient (Wildman–Crippen LogP) is 0.394. The monoisotopic (exact) mass is 250 g/mol. The van der Waals surface area contributed by atoms with Crippen LogP contribution in [0.15, 0.2) is 18.2 Å². The second-order valence-corrected chi connectivity index (χ2v) is 3.72. The lowest BCUT2D eigenvalue weighted by Gasteiger charge is -2.21. The van der Waals surface area contributed by atoms with Gasteiger partial charge in [-0.1, -0.05) is 6.07 Å². The van der Waals surface area contributed by atoms with Crippen molar-refractivity contribution in [3.05, 3.63) is 23.8 Å². The van der Waals surface area contributed by atoms with E-state index < -0.39 is 5.97 Å². The van der Waals surface area contributed by atoms with Crippen LogP contribution in [0.5, 0.6) is 5.75 Å². The lowest BCUT2D eigenvalue weighted by Crippen LogP contribution is -2.31. The van der Waals surface area contributed by atoms with E-state index in [4.69, 9.17) is 4.74 Å². The van der Waals surface area contributed by atoms with Gasteiger partial charge in [0, 0.05) is 6.54 Å². The minimum absolute atomic E-state index is 0.160. The molecule has 2 rings (SSSR count). The summed E-state index contributed by atoms with van der Waals surface area (Å²) in [6, 6.07) is 5.25. The number of methoxy groups -OCH3 is 1. The summed E-state index contributed by atoms with van der Waals surface area (Å²) in [6.07, 6.45) is 0. The number of carbonyl (C=O) groups excluding carboxylic acids is 2. The average Bonchev–Trinajstić information content (AvgIpc) is 2.43. The fraction of sp³-hybridized carbons (Fsp3) is 0.333. The largest absolute Gasteiger partial charge is 0.489 e. The number of esters is 1. The van der Waals surface area contributed by atoms with Crippen LogP contribution in [-0.4, -0.2) is 38.7 Å². The number of rotatable bonds is 3. The van der Waals surface area contributed by atoms with Gasteiger partial charge in [-0.25, -0.2) is 0 Å². The second kappa shape index (κ2) is 5.39. The van der Waals surface area contributed by atoms with Crippen molar-refractivity contribution in [1.82, 2.24) is 5.32 Å². The Morgan fingerprint density at radius 1 is 1.50 bits per heavy atom. The summed E-state index contributed by atoms with van der Waals surface area (Å²) in [5, 5.41) is 5.62. The number of carbonyl (C=O) groups is 2. The van der Waals surface area contributed by atoms with Crippen LogP contribution in [0.1, 0.15) is 10.4 Å². The molecule has 18 heavy (non-hydrogen) atoms. The molecule has 1 aliphatic heterocycles. The molecule has 0 unspecified atom stereocenters. The summed E-state index contributed by atoms with van der Waals surface area (Å²) in [4.78, 5) is 22.9. The van der Waals surface area contributed by atoms with Crippen molar-refractivity contribution in [2.24, 2.45) is 0 Å². The number of fused-ring (bicyclic) bond motifs is 1. The van der Waals surface area contributed by atoms with Crippen LogP contribution < -0.4 is 15.4 Å². The molecule has 0 saturated heterocycles. The first kappa shape index (κ1) is 12.2. The molecule has 0 atom stereocenters. The van der Waals surface area contributed by atoms with Crippen LogP contribution in [-0.2, 0) is 9.53 Å². The maximum absolute atomic E-state index is 11.9. The van der Waals surface area contributed by atoms with Crippen molar-refractivity contribution < 1.29 is 19.1 Å². The van der Waals surface area contributed by atoms with Crippen LogP contribution >= 0.6 is 0 Å². The molecule has 1 aromatic rings. The molecule has 0 aromatic heterocycles. The van der Waals surface area contributed by atoms with E-state index in [0.717, 1.165) is 5.69 Å². The molecule has 1 heterocycles. The molecule has 0 saturated carbocycles. The first-order valence-electron chi connectivity index (χ1n) is 5.57. The van der Waals surface area contributed by atoms with Crippen molar-refractivity contribution in [1.29, 1.82) is 0 Å². The van der Waals surface area contributed by atoms with Gasteiger partial charge in [-0.2, -0.15) is 0 Å². The fourth-order valence-corrected chi connectivity index (χ4v) is 1.67. The van der Waals surface area contributed by atoms with Gasteiger partial charge in [0.25, 0.3) is 5.91 Å². The van der Waals surface area contributed by atoms with Crippen molar-refractivity contribution >= 4 is 17.6 Å². The number of nitrogens with one attached hydrogen (secondary N) is 2. The minimum atomic E-state index is -0.493. The Balaban J connectivity index is 2.13. The highest BCUT2D eigenvalue weighted by Gasteiger charge is 2.19. The molecule has 0 spiro atoms. The lowest BCUT2D eigenvalue weighted by atomic mass is 10.1. The Bertz CT molecular complexity index is 473. The molecule has 0 fully saturated rings. The molecule has 1 aromatic carbocycles. The molecule has 6 nitrogen and oxygen atoms in total. The molecular weight excluding hydrogens is 236 g/mol. The van der Waals surface area contributed by atoms with Gasteiger partial charge in [-0.15, -0.1) is 0 Å². The Morgan fingerprint density at radius 2 is 2.33 bits per heavy atom. The highest BCUT2D eigenvalue weighted by molar-refractivity contribution is 6.00. The number of amides is 1. The molecule has 0 radical (unpaired) electrons. The number of hydrogen-bond donors (Lipinski definition) is 2. The SMILES string of the molecule is COC(=O)CNC(=O)c1cccc2c1OCCN2. The molecular formula is C12H14N2O4.